The van der Waals surface area contributed by atoms with E-state index in [9.17, 15) is 19.5 Å². The Hall–Kier alpha value is -1.79. The maximum atomic E-state index is 12.4. The van der Waals surface area contributed by atoms with Gasteiger partial charge in [0.05, 0.1) is 0 Å². The number of amides is 3. The van der Waals surface area contributed by atoms with Crippen molar-refractivity contribution >= 4 is 17.9 Å². The van der Waals surface area contributed by atoms with Gasteiger partial charge >= 0.3 is 12.0 Å². The number of aliphatic carboxylic acids is 1. The Kier molecular flexibility index (Phi) is 5.57. The number of carboxylic acid groups (broad SMARTS) is 1. The van der Waals surface area contributed by atoms with E-state index >= 15 is 0 Å². The first-order chi connectivity index (χ1) is 9.70. The van der Waals surface area contributed by atoms with Crippen LogP contribution in [0.4, 0.5) is 4.79 Å². The van der Waals surface area contributed by atoms with Crippen LogP contribution in [0.15, 0.2) is 0 Å². The van der Waals surface area contributed by atoms with Crippen LogP contribution in [0.2, 0.25) is 0 Å². The number of hydrogen-bond donors (Lipinski definition) is 2. The Bertz CT molecular complexity index is 422. The second kappa shape index (κ2) is 6.78. The smallest absolute Gasteiger partial charge is 0.327 e. The minimum Gasteiger partial charge on any atom is -0.480 e. The van der Waals surface area contributed by atoms with Crippen molar-refractivity contribution in [2.45, 2.75) is 39.7 Å². The summed E-state index contributed by atoms with van der Waals surface area (Å²) < 4.78 is 0. The molecule has 0 aromatic heterocycles. The third-order valence-corrected chi connectivity index (χ3v) is 3.83. The van der Waals surface area contributed by atoms with Crippen LogP contribution in [0.25, 0.3) is 0 Å². The van der Waals surface area contributed by atoms with Crippen molar-refractivity contribution < 1.29 is 19.5 Å². The Balaban J connectivity index is 2.83. The number of urea groups is 1. The Labute approximate surface area is 125 Å². The predicted molar refractivity (Wildman–Crippen MR) is 77.9 cm³/mol. The molecular weight excluding hydrogens is 274 g/mol. The lowest BCUT2D eigenvalue weighted by atomic mass is 9.76. The van der Waals surface area contributed by atoms with Crippen LogP contribution < -0.4 is 5.32 Å². The number of piperidine rings is 1. The van der Waals surface area contributed by atoms with Gasteiger partial charge in [0.25, 0.3) is 0 Å². The zero-order chi connectivity index (χ0) is 16.2. The van der Waals surface area contributed by atoms with Gasteiger partial charge in [0.2, 0.25) is 5.91 Å². The molecule has 0 bridgehead atoms. The van der Waals surface area contributed by atoms with Gasteiger partial charge in [-0.25, -0.2) is 9.59 Å². The van der Waals surface area contributed by atoms with Crippen molar-refractivity contribution in [1.82, 2.24) is 15.1 Å². The number of carboxylic acids is 1. The minimum atomic E-state index is -1.00. The van der Waals surface area contributed by atoms with Crippen LogP contribution in [0, 0.1) is 5.41 Å². The number of rotatable bonds is 4. The van der Waals surface area contributed by atoms with Crippen LogP contribution in [0.1, 0.15) is 33.6 Å². The normalized spacial score (nSPS) is 20.8. The highest BCUT2D eigenvalue weighted by Gasteiger charge is 2.45. The van der Waals surface area contributed by atoms with Crippen molar-refractivity contribution in [2.75, 3.05) is 26.7 Å². The Morgan fingerprint density at radius 2 is 2.00 bits per heavy atom. The molecule has 3 amide bonds. The maximum Gasteiger partial charge on any atom is 0.327 e. The topological polar surface area (TPSA) is 90.0 Å². The monoisotopic (exact) mass is 299 g/mol. The van der Waals surface area contributed by atoms with Gasteiger partial charge in [0, 0.05) is 20.1 Å². The standard InChI is InChI=1S/C14H25N3O4/c1-5-15-10(18)9-16(4)13(21)17-8-6-7-14(2,3)11(17)12(19)20/h11H,5-9H2,1-4H3,(H,15,18)(H,19,20). The summed E-state index contributed by atoms with van der Waals surface area (Å²) in [4.78, 5) is 38.2. The van der Waals surface area contributed by atoms with E-state index in [2.05, 4.69) is 5.32 Å². The zero-order valence-corrected chi connectivity index (χ0v) is 13.2. The molecule has 120 valence electrons. The molecule has 0 saturated carbocycles. The first-order valence-corrected chi connectivity index (χ1v) is 7.22. The summed E-state index contributed by atoms with van der Waals surface area (Å²) >= 11 is 0. The second-order valence-corrected chi connectivity index (χ2v) is 6.12. The van der Waals surface area contributed by atoms with E-state index in [1.807, 2.05) is 13.8 Å². The number of likely N-dealkylation sites (N-methyl/N-ethyl adjacent to an activating group) is 2. The summed E-state index contributed by atoms with van der Waals surface area (Å²) in [6.45, 7) is 6.33. The molecule has 1 saturated heterocycles. The number of carbonyl (C=O) groups is 3. The largest absolute Gasteiger partial charge is 0.480 e. The fourth-order valence-corrected chi connectivity index (χ4v) is 2.82. The molecule has 0 aromatic carbocycles. The van der Waals surface area contributed by atoms with Crippen molar-refractivity contribution in [3.63, 3.8) is 0 Å². The van der Waals surface area contributed by atoms with Gasteiger partial charge in [-0.15, -0.1) is 0 Å². The molecule has 7 nitrogen and oxygen atoms in total. The van der Waals surface area contributed by atoms with Crippen LogP contribution in [0.3, 0.4) is 0 Å². The molecule has 1 rings (SSSR count). The molecule has 0 spiro atoms. The molecule has 1 heterocycles. The van der Waals surface area contributed by atoms with Gasteiger partial charge in [0.15, 0.2) is 0 Å². The van der Waals surface area contributed by atoms with Crippen LogP contribution in [-0.4, -0.2) is 65.5 Å². The minimum absolute atomic E-state index is 0.0735. The molecule has 1 aliphatic heterocycles. The lowest BCUT2D eigenvalue weighted by molar-refractivity contribution is -0.148. The fourth-order valence-electron chi connectivity index (χ4n) is 2.82. The average Bonchev–Trinajstić information content (AvgIpc) is 2.35. The number of carbonyl (C=O) groups excluding carboxylic acids is 2. The van der Waals surface area contributed by atoms with Gasteiger partial charge in [-0.1, -0.05) is 13.8 Å². The molecule has 1 aliphatic rings. The lowest BCUT2D eigenvalue weighted by Gasteiger charge is -2.44. The van der Waals surface area contributed by atoms with E-state index in [1.165, 1.54) is 16.8 Å². The van der Waals surface area contributed by atoms with Crippen molar-refractivity contribution in [1.29, 1.82) is 0 Å². The van der Waals surface area contributed by atoms with Crippen LogP contribution in [-0.2, 0) is 9.59 Å². The SMILES string of the molecule is CCNC(=O)CN(C)C(=O)N1CCCC(C)(C)C1C(=O)O. The maximum absolute atomic E-state index is 12.4. The van der Waals surface area contributed by atoms with Gasteiger partial charge in [-0.3, -0.25) is 4.79 Å². The molecule has 0 aromatic rings. The molecule has 7 heteroatoms. The quantitative estimate of drug-likeness (QED) is 0.801. The first-order valence-electron chi connectivity index (χ1n) is 7.22. The Morgan fingerprint density at radius 1 is 1.38 bits per heavy atom. The molecular formula is C14H25N3O4. The lowest BCUT2D eigenvalue weighted by Crippen LogP contribution is -2.59. The molecule has 1 atom stereocenters. The molecule has 2 N–H and O–H groups in total. The Morgan fingerprint density at radius 3 is 2.52 bits per heavy atom. The molecule has 1 unspecified atom stereocenters. The second-order valence-electron chi connectivity index (χ2n) is 6.12. The van der Waals surface area contributed by atoms with Crippen molar-refractivity contribution in [3.8, 4) is 0 Å². The molecule has 21 heavy (non-hydrogen) atoms. The van der Waals surface area contributed by atoms with Crippen LogP contribution in [0.5, 0.6) is 0 Å². The summed E-state index contributed by atoms with van der Waals surface area (Å²) in [6.07, 6.45) is 1.52. The third-order valence-electron chi connectivity index (χ3n) is 3.83. The number of nitrogens with one attached hydrogen (secondary N) is 1. The number of nitrogens with zero attached hydrogens (tertiary/aromatic N) is 2. The van der Waals surface area contributed by atoms with E-state index in [1.54, 1.807) is 6.92 Å². The summed E-state index contributed by atoms with van der Waals surface area (Å²) in [5.74, 6) is -1.25. The van der Waals surface area contributed by atoms with Gasteiger partial charge < -0.3 is 20.2 Å². The number of likely N-dealkylation sites (tertiary alicyclic amines) is 1. The highest BCUT2D eigenvalue weighted by molar-refractivity contribution is 5.87. The predicted octanol–water partition coefficient (Wildman–Crippen LogP) is 0.750. The van der Waals surface area contributed by atoms with E-state index in [4.69, 9.17) is 0 Å². The average molecular weight is 299 g/mol. The van der Waals surface area contributed by atoms with E-state index in [0.717, 1.165) is 12.8 Å². The summed E-state index contributed by atoms with van der Waals surface area (Å²) in [5, 5.41) is 12.1. The van der Waals surface area contributed by atoms with E-state index in [-0.39, 0.29) is 12.5 Å². The highest BCUT2D eigenvalue weighted by atomic mass is 16.4. The molecule has 0 radical (unpaired) electrons. The van der Waals surface area contributed by atoms with Crippen molar-refractivity contribution in [2.24, 2.45) is 5.41 Å². The van der Waals surface area contributed by atoms with Gasteiger partial charge in [-0.05, 0) is 25.2 Å². The van der Waals surface area contributed by atoms with Gasteiger partial charge in [0.1, 0.15) is 12.6 Å². The van der Waals surface area contributed by atoms with Gasteiger partial charge in [-0.2, -0.15) is 0 Å². The number of hydrogen-bond acceptors (Lipinski definition) is 3. The van der Waals surface area contributed by atoms with Crippen molar-refractivity contribution in [3.05, 3.63) is 0 Å². The summed E-state index contributed by atoms with van der Waals surface area (Å²) in [6, 6.07) is -1.28. The van der Waals surface area contributed by atoms with E-state index in [0.29, 0.717) is 13.1 Å². The zero-order valence-electron chi connectivity index (χ0n) is 13.2. The summed E-state index contributed by atoms with van der Waals surface area (Å²) in [5.41, 5.74) is -0.480. The highest BCUT2D eigenvalue weighted by Crippen LogP contribution is 2.35. The third kappa shape index (κ3) is 4.09. The molecule has 1 fully saturated rings. The van der Waals surface area contributed by atoms with Crippen LogP contribution >= 0.6 is 0 Å². The first kappa shape index (κ1) is 17.3. The molecule has 0 aliphatic carbocycles. The fraction of sp³-hybridized carbons (Fsp3) is 0.786. The van der Waals surface area contributed by atoms with E-state index < -0.39 is 23.5 Å². The summed E-state index contributed by atoms with van der Waals surface area (Å²) in [7, 11) is 1.51.